The van der Waals surface area contributed by atoms with Crippen LogP contribution in [-0.2, 0) is 0 Å². The van der Waals surface area contributed by atoms with Gasteiger partial charge in [-0.25, -0.2) is 0 Å². The Morgan fingerprint density at radius 1 is 1.30 bits per heavy atom. The lowest BCUT2D eigenvalue weighted by Gasteiger charge is -2.13. The van der Waals surface area contributed by atoms with Gasteiger partial charge < -0.3 is 15.7 Å². The minimum Gasteiger partial charge on any atom is -0.395 e. The summed E-state index contributed by atoms with van der Waals surface area (Å²) in [7, 11) is 0. The van der Waals surface area contributed by atoms with Crippen LogP contribution in [0, 0.1) is 11.8 Å². The van der Waals surface area contributed by atoms with Crippen LogP contribution in [0.4, 0.5) is 0 Å². The lowest BCUT2D eigenvalue weighted by atomic mass is 9.95. The van der Waals surface area contributed by atoms with E-state index in [1.165, 1.54) is 0 Å². The highest BCUT2D eigenvalue weighted by Gasteiger charge is 2.38. The van der Waals surface area contributed by atoms with Crippen LogP contribution in [0.5, 0.6) is 0 Å². The van der Waals surface area contributed by atoms with Crippen LogP contribution in [0.1, 0.15) is 0 Å². The van der Waals surface area contributed by atoms with E-state index in [4.69, 9.17) is 5.11 Å². The third-order valence-electron chi connectivity index (χ3n) is 2.75. The molecular formula is C7H14N2O. The first-order valence-corrected chi connectivity index (χ1v) is 3.97. The molecule has 2 aliphatic rings. The van der Waals surface area contributed by atoms with E-state index in [1.807, 2.05) is 0 Å². The second kappa shape index (κ2) is 2.49. The van der Waals surface area contributed by atoms with Gasteiger partial charge in [-0.3, -0.25) is 0 Å². The Labute approximate surface area is 60.8 Å². The Balaban J connectivity index is 2.01. The highest BCUT2D eigenvalue weighted by atomic mass is 16.3. The fourth-order valence-corrected chi connectivity index (χ4v) is 2.10. The molecule has 2 aliphatic heterocycles. The highest BCUT2D eigenvalue weighted by Crippen LogP contribution is 2.24. The first-order valence-electron chi connectivity index (χ1n) is 3.97. The summed E-state index contributed by atoms with van der Waals surface area (Å²) in [6.45, 7) is 3.60. The third kappa shape index (κ3) is 0.856. The van der Waals surface area contributed by atoms with Gasteiger partial charge in [0.1, 0.15) is 0 Å². The van der Waals surface area contributed by atoms with E-state index < -0.39 is 0 Å². The van der Waals surface area contributed by atoms with E-state index in [2.05, 4.69) is 10.6 Å². The van der Waals surface area contributed by atoms with E-state index in [9.17, 15) is 0 Å². The number of hydrogen-bond donors (Lipinski definition) is 3. The molecular weight excluding hydrogens is 128 g/mol. The molecule has 3 nitrogen and oxygen atoms in total. The fraction of sp³-hybridized carbons (Fsp3) is 1.00. The highest BCUT2D eigenvalue weighted by molar-refractivity contribution is 4.95. The molecule has 2 rings (SSSR count). The average Bonchev–Trinajstić information content (AvgIpc) is 2.44. The Morgan fingerprint density at radius 3 is 3.00 bits per heavy atom. The predicted octanol–water partition coefficient (Wildman–Crippen LogP) is -1.21. The molecule has 2 saturated heterocycles. The van der Waals surface area contributed by atoms with Crippen molar-refractivity contribution < 1.29 is 5.11 Å². The summed E-state index contributed by atoms with van der Waals surface area (Å²) in [5.74, 6) is 1.46. The van der Waals surface area contributed by atoms with E-state index >= 15 is 0 Å². The smallest absolute Gasteiger partial charge is 0.0587 e. The van der Waals surface area contributed by atoms with E-state index in [-0.39, 0.29) is 0 Å². The predicted molar refractivity (Wildman–Crippen MR) is 38.7 cm³/mol. The number of fused-ring (bicyclic) bond motifs is 1. The summed E-state index contributed by atoms with van der Waals surface area (Å²) >= 11 is 0. The van der Waals surface area contributed by atoms with E-state index in [1.54, 1.807) is 0 Å². The number of hydrogen-bond acceptors (Lipinski definition) is 3. The molecule has 2 fully saturated rings. The molecule has 58 valence electrons. The van der Waals surface area contributed by atoms with Crippen molar-refractivity contribution in [1.82, 2.24) is 10.6 Å². The van der Waals surface area contributed by atoms with Gasteiger partial charge in [0.05, 0.1) is 6.61 Å². The lowest BCUT2D eigenvalue weighted by molar-refractivity contribution is 0.227. The molecule has 1 unspecified atom stereocenters. The Kier molecular flexibility index (Phi) is 1.64. The molecule has 3 heteroatoms. The number of rotatable bonds is 1. The van der Waals surface area contributed by atoms with Gasteiger partial charge in [0.25, 0.3) is 0 Å². The summed E-state index contributed by atoms with van der Waals surface area (Å²) in [6.07, 6.45) is 0. The van der Waals surface area contributed by atoms with Crippen LogP contribution in [0.25, 0.3) is 0 Å². The van der Waals surface area contributed by atoms with Crippen LogP contribution >= 0.6 is 0 Å². The summed E-state index contributed by atoms with van der Waals surface area (Å²) in [6, 6.07) is 0.361. The summed E-state index contributed by atoms with van der Waals surface area (Å²) in [4.78, 5) is 0. The van der Waals surface area contributed by atoms with Crippen LogP contribution in [0.2, 0.25) is 0 Å². The van der Waals surface area contributed by atoms with Gasteiger partial charge in [-0.15, -0.1) is 0 Å². The Bertz CT molecular complexity index is 129. The van der Waals surface area contributed by atoms with E-state index in [0.29, 0.717) is 18.6 Å². The molecule has 2 heterocycles. The first-order chi connectivity index (χ1) is 4.92. The van der Waals surface area contributed by atoms with Crippen LogP contribution in [-0.4, -0.2) is 37.4 Å². The molecule has 0 saturated carbocycles. The monoisotopic (exact) mass is 142 g/mol. The summed E-state index contributed by atoms with van der Waals surface area (Å²) < 4.78 is 0. The molecule has 0 amide bonds. The molecule has 0 aromatic carbocycles. The Morgan fingerprint density at radius 2 is 2.20 bits per heavy atom. The van der Waals surface area contributed by atoms with Gasteiger partial charge in [-0.2, -0.15) is 0 Å². The fourth-order valence-electron chi connectivity index (χ4n) is 2.10. The largest absolute Gasteiger partial charge is 0.395 e. The zero-order chi connectivity index (χ0) is 6.97. The van der Waals surface area contributed by atoms with Crippen molar-refractivity contribution in [3.8, 4) is 0 Å². The van der Waals surface area contributed by atoms with Crippen LogP contribution < -0.4 is 10.6 Å². The minimum atomic E-state index is 0.294. The maximum atomic E-state index is 8.92. The number of aliphatic hydroxyl groups is 1. The first kappa shape index (κ1) is 6.58. The van der Waals surface area contributed by atoms with Crippen molar-refractivity contribution in [3.63, 3.8) is 0 Å². The SMILES string of the molecule is OC[C@H]1NCC2CNC[C@H]21. The molecule has 0 bridgehead atoms. The molecule has 0 aromatic heterocycles. The van der Waals surface area contributed by atoms with E-state index in [0.717, 1.165) is 25.6 Å². The van der Waals surface area contributed by atoms with Gasteiger partial charge >= 0.3 is 0 Å². The lowest BCUT2D eigenvalue weighted by Crippen LogP contribution is -2.33. The van der Waals surface area contributed by atoms with Crippen molar-refractivity contribution >= 4 is 0 Å². The minimum absolute atomic E-state index is 0.294. The molecule has 0 spiro atoms. The standard InChI is InChI=1S/C7H14N2O/c10-4-7-6-3-8-1-5(6)2-9-7/h5-10H,1-4H2/t5?,6-,7-/m1/s1. The molecule has 3 N–H and O–H groups in total. The van der Waals surface area contributed by atoms with Gasteiger partial charge in [-0.05, 0) is 31.5 Å². The van der Waals surface area contributed by atoms with Gasteiger partial charge in [0, 0.05) is 6.04 Å². The van der Waals surface area contributed by atoms with Gasteiger partial charge in [0.15, 0.2) is 0 Å². The zero-order valence-corrected chi connectivity index (χ0v) is 6.01. The second-order valence-corrected chi connectivity index (χ2v) is 3.28. The molecule has 0 radical (unpaired) electrons. The topological polar surface area (TPSA) is 44.3 Å². The second-order valence-electron chi connectivity index (χ2n) is 3.28. The number of aliphatic hydroxyl groups excluding tert-OH is 1. The van der Waals surface area contributed by atoms with Crippen LogP contribution in [0.15, 0.2) is 0 Å². The maximum absolute atomic E-state index is 8.92. The summed E-state index contributed by atoms with van der Waals surface area (Å²) in [5.41, 5.74) is 0. The Hall–Kier alpha value is -0.120. The molecule has 3 atom stereocenters. The quantitative estimate of drug-likeness (QED) is 0.430. The summed E-state index contributed by atoms with van der Waals surface area (Å²) in [5, 5.41) is 15.6. The normalized spacial score (nSPS) is 45.9. The van der Waals surface area contributed by atoms with Gasteiger partial charge in [-0.1, -0.05) is 0 Å². The molecule has 0 aromatic rings. The van der Waals surface area contributed by atoms with Crippen LogP contribution in [0.3, 0.4) is 0 Å². The van der Waals surface area contributed by atoms with Crippen molar-refractivity contribution in [2.24, 2.45) is 11.8 Å². The van der Waals surface area contributed by atoms with Crippen molar-refractivity contribution in [2.45, 2.75) is 6.04 Å². The number of nitrogens with one attached hydrogen (secondary N) is 2. The zero-order valence-electron chi connectivity index (χ0n) is 6.01. The maximum Gasteiger partial charge on any atom is 0.0587 e. The molecule has 0 aliphatic carbocycles. The van der Waals surface area contributed by atoms with Crippen molar-refractivity contribution in [1.29, 1.82) is 0 Å². The van der Waals surface area contributed by atoms with Gasteiger partial charge in [0.2, 0.25) is 0 Å². The average molecular weight is 142 g/mol. The van der Waals surface area contributed by atoms with Crippen molar-refractivity contribution in [2.75, 3.05) is 26.2 Å². The molecule has 10 heavy (non-hydrogen) atoms. The van der Waals surface area contributed by atoms with Crippen molar-refractivity contribution in [3.05, 3.63) is 0 Å². The third-order valence-corrected chi connectivity index (χ3v) is 2.75.